The number of hydrogen-bond donors (Lipinski definition) is 1. The predicted molar refractivity (Wildman–Crippen MR) is 70.4 cm³/mol. The number of amides is 1. The molecular formula is C13H8Cl2FNO. The topological polar surface area (TPSA) is 43.1 Å². The fraction of sp³-hybridized carbons (Fsp3) is 0. The van der Waals surface area contributed by atoms with E-state index < -0.39 is 11.7 Å². The van der Waals surface area contributed by atoms with Crippen LogP contribution in [0.15, 0.2) is 36.4 Å². The smallest absolute Gasteiger partial charge is 0.248 e. The van der Waals surface area contributed by atoms with Crippen molar-refractivity contribution in [1.82, 2.24) is 0 Å². The Morgan fingerprint density at radius 1 is 1.11 bits per heavy atom. The summed E-state index contributed by atoms with van der Waals surface area (Å²) in [6.07, 6.45) is 0. The summed E-state index contributed by atoms with van der Waals surface area (Å²) in [6.45, 7) is 0. The maximum atomic E-state index is 13.8. The third kappa shape index (κ3) is 2.33. The summed E-state index contributed by atoms with van der Waals surface area (Å²) >= 11 is 11.9. The van der Waals surface area contributed by atoms with Crippen LogP contribution in [0.1, 0.15) is 10.4 Å². The molecule has 0 unspecified atom stereocenters. The van der Waals surface area contributed by atoms with Gasteiger partial charge in [0, 0.05) is 16.7 Å². The minimum Gasteiger partial charge on any atom is -0.366 e. The van der Waals surface area contributed by atoms with E-state index in [0.717, 1.165) is 0 Å². The molecule has 5 heteroatoms. The lowest BCUT2D eigenvalue weighted by Gasteiger charge is -2.08. The monoisotopic (exact) mass is 283 g/mol. The number of hydrogen-bond acceptors (Lipinski definition) is 1. The van der Waals surface area contributed by atoms with Gasteiger partial charge in [0.25, 0.3) is 0 Å². The molecule has 2 aromatic rings. The summed E-state index contributed by atoms with van der Waals surface area (Å²) in [7, 11) is 0. The van der Waals surface area contributed by atoms with E-state index in [-0.39, 0.29) is 16.1 Å². The maximum Gasteiger partial charge on any atom is 0.248 e. The first-order valence-corrected chi connectivity index (χ1v) is 5.80. The van der Waals surface area contributed by atoms with E-state index in [1.54, 1.807) is 18.2 Å². The zero-order valence-electron chi connectivity index (χ0n) is 9.08. The molecule has 2 N–H and O–H groups in total. The van der Waals surface area contributed by atoms with Crippen LogP contribution in [0.5, 0.6) is 0 Å². The molecular weight excluding hydrogens is 276 g/mol. The zero-order chi connectivity index (χ0) is 13.3. The van der Waals surface area contributed by atoms with Crippen LogP contribution in [-0.4, -0.2) is 5.91 Å². The van der Waals surface area contributed by atoms with E-state index in [1.807, 2.05) is 0 Å². The Balaban J connectivity index is 2.66. The first-order chi connectivity index (χ1) is 8.50. The van der Waals surface area contributed by atoms with Crippen molar-refractivity contribution in [3.63, 3.8) is 0 Å². The molecule has 0 aliphatic carbocycles. The first-order valence-electron chi connectivity index (χ1n) is 5.04. The highest BCUT2D eigenvalue weighted by Gasteiger charge is 2.13. The molecule has 0 saturated heterocycles. The Hall–Kier alpha value is -1.58. The Morgan fingerprint density at radius 3 is 2.50 bits per heavy atom. The Morgan fingerprint density at radius 2 is 1.83 bits per heavy atom. The van der Waals surface area contributed by atoms with Crippen LogP contribution in [0, 0.1) is 5.82 Å². The lowest BCUT2D eigenvalue weighted by molar-refractivity contribution is 0.100. The summed E-state index contributed by atoms with van der Waals surface area (Å²) < 4.78 is 13.8. The first kappa shape index (κ1) is 12.9. The van der Waals surface area contributed by atoms with E-state index in [2.05, 4.69) is 0 Å². The van der Waals surface area contributed by atoms with Crippen LogP contribution in [-0.2, 0) is 0 Å². The fourth-order valence-electron chi connectivity index (χ4n) is 1.60. The van der Waals surface area contributed by atoms with Crippen LogP contribution in [0.3, 0.4) is 0 Å². The van der Waals surface area contributed by atoms with Crippen molar-refractivity contribution in [2.24, 2.45) is 5.73 Å². The average Bonchev–Trinajstić information content (AvgIpc) is 2.33. The lowest BCUT2D eigenvalue weighted by atomic mass is 10.0. The third-order valence-corrected chi connectivity index (χ3v) is 3.31. The normalized spacial score (nSPS) is 10.4. The van der Waals surface area contributed by atoms with Crippen molar-refractivity contribution < 1.29 is 9.18 Å². The van der Waals surface area contributed by atoms with Gasteiger partial charge < -0.3 is 5.73 Å². The number of benzene rings is 2. The van der Waals surface area contributed by atoms with E-state index >= 15 is 0 Å². The third-order valence-electron chi connectivity index (χ3n) is 2.49. The van der Waals surface area contributed by atoms with Gasteiger partial charge in [-0.3, -0.25) is 4.79 Å². The molecule has 2 rings (SSSR count). The fourth-order valence-corrected chi connectivity index (χ4v) is 2.00. The van der Waals surface area contributed by atoms with Gasteiger partial charge in [-0.25, -0.2) is 4.39 Å². The van der Waals surface area contributed by atoms with Crippen LogP contribution in [0.2, 0.25) is 10.0 Å². The highest BCUT2D eigenvalue weighted by Crippen LogP contribution is 2.35. The highest BCUT2D eigenvalue weighted by molar-refractivity contribution is 6.43. The minimum atomic E-state index is -0.630. The van der Waals surface area contributed by atoms with Gasteiger partial charge in [0.15, 0.2) is 0 Å². The van der Waals surface area contributed by atoms with Gasteiger partial charge in [0.2, 0.25) is 5.91 Å². The molecule has 0 aromatic heterocycles. The van der Waals surface area contributed by atoms with Crippen LogP contribution in [0.4, 0.5) is 4.39 Å². The molecule has 0 fully saturated rings. The van der Waals surface area contributed by atoms with Gasteiger partial charge in [-0.2, -0.15) is 0 Å². The SMILES string of the molecule is NC(=O)c1ccc(F)c(-c2cccc(Cl)c2Cl)c1. The van der Waals surface area contributed by atoms with Crippen LogP contribution in [0.25, 0.3) is 11.1 Å². The molecule has 92 valence electrons. The predicted octanol–water partition coefficient (Wildman–Crippen LogP) is 3.90. The highest BCUT2D eigenvalue weighted by atomic mass is 35.5. The van der Waals surface area contributed by atoms with E-state index in [4.69, 9.17) is 28.9 Å². The van der Waals surface area contributed by atoms with E-state index in [1.165, 1.54) is 18.2 Å². The zero-order valence-corrected chi connectivity index (χ0v) is 10.6. The van der Waals surface area contributed by atoms with Gasteiger partial charge in [0.05, 0.1) is 10.0 Å². The van der Waals surface area contributed by atoms with E-state index in [0.29, 0.717) is 10.6 Å². The van der Waals surface area contributed by atoms with Crippen LogP contribution < -0.4 is 5.73 Å². The molecule has 0 heterocycles. The number of primary amides is 1. The average molecular weight is 284 g/mol. The van der Waals surface area contributed by atoms with Crippen molar-refractivity contribution in [2.45, 2.75) is 0 Å². The Labute approximate surface area is 113 Å². The van der Waals surface area contributed by atoms with Gasteiger partial charge >= 0.3 is 0 Å². The molecule has 18 heavy (non-hydrogen) atoms. The van der Waals surface area contributed by atoms with Crippen molar-refractivity contribution in [2.75, 3.05) is 0 Å². The van der Waals surface area contributed by atoms with Crippen LogP contribution >= 0.6 is 23.2 Å². The summed E-state index contributed by atoms with van der Waals surface area (Å²) in [6, 6.07) is 8.72. The minimum absolute atomic E-state index is 0.193. The second-order valence-corrected chi connectivity index (χ2v) is 4.45. The van der Waals surface area contributed by atoms with Gasteiger partial charge in [-0.15, -0.1) is 0 Å². The van der Waals surface area contributed by atoms with Crippen molar-refractivity contribution >= 4 is 29.1 Å². The summed E-state index contributed by atoms with van der Waals surface area (Å²) in [5, 5.41) is 0.553. The number of carbonyl (C=O) groups is 1. The molecule has 0 spiro atoms. The second-order valence-electron chi connectivity index (χ2n) is 3.66. The molecule has 0 bridgehead atoms. The maximum absolute atomic E-state index is 13.8. The molecule has 0 saturated carbocycles. The molecule has 0 radical (unpaired) electrons. The lowest BCUT2D eigenvalue weighted by Crippen LogP contribution is -2.11. The Bertz CT molecular complexity index is 628. The molecule has 0 atom stereocenters. The summed E-state index contributed by atoms with van der Waals surface area (Å²) in [5.41, 5.74) is 5.98. The van der Waals surface area contributed by atoms with Gasteiger partial charge in [-0.05, 0) is 24.3 Å². The van der Waals surface area contributed by atoms with E-state index in [9.17, 15) is 9.18 Å². The quantitative estimate of drug-likeness (QED) is 0.893. The molecule has 1 amide bonds. The van der Waals surface area contributed by atoms with Crippen molar-refractivity contribution in [1.29, 1.82) is 0 Å². The number of rotatable bonds is 2. The molecule has 2 aromatic carbocycles. The standard InChI is InChI=1S/C13H8Cl2FNO/c14-10-3-1-2-8(12(10)15)9-6-7(13(17)18)4-5-11(9)16/h1-6H,(H2,17,18). The Kier molecular flexibility index (Phi) is 3.55. The second kappa shape index (κ2) is 4.96. The molecule has 0 aliphatic heterocycles. The number of halogens is 3. The number of nitrogens with two attached hydrogens (primary N) is 1. The van der Waals surface area contributed by atoms with Gasteiger partial charge in [-0.1, -0.05) is 35.3 Å². The largest absolute Gasteiger partial charge is 0.366 e. The van der Waals surface area contributed by atoms with Crippen molar-refractivity contribution in [3.8, 4) is 11.1 Å². The van der Waals surface area contributed by atoms with Crippen molar-refractivity contribution in [3.05, 3.63) is 57.8 Å². The summed E-state index contributed by atoms with van der Waals surface area (Å²) in [4.78, 5) is 11.1. The molecule has 0 aliphatic rings. The summed E-state index contributed by atoms with van der Waals surface area (Å²) in [5.74, 6) is -1.13. The van der Waals surface area contributed by atoms with Gasteiger partial charge in [0.1, 0.15) is 5.82 Å². The number of carbonyl (C=O) groups excluding carboxylic acids is 1. The molecule has 2 nitrogen and oxygen atoms in total.